The lowest BCUT2D eigenvalue weighted by atomic mass is 10.1. The van der Waals surface area contributed by atoms with Gasteiger partial charge in [-0.1, -0.05) is 30.3 Å². The third-order valence-corrected chi connectivity index (χ3v) is 4.23. The molecule has 0 radical (unpaired) electrons. The van der Waals surface area contributed by atoms with Gasteiger partial charge in [0.05, 0.1) is 11.0 Å². The summed E-state index contributed by atoms with van der Waals surface area (Å²) >= 11 is 0. The molecule has 1 amide bonds. The topological polar surface area (TPSA) is 64.0 Å². The van der Waals surface area contributed by atoms with E-state index in [1.165, 1.54) is 5.56 Å². The zero-order valence-corrected chi connectivity index (χ0v) is 14.5. The summed E-state index contributed by atoms with van der Waals surface area (Å²) in [5.41, 5.74) is 3.50. The number of nitrogens with zero attached hydrogens (tertiary/aromatic N) is 2. The molecule has 0 fully saturated rings. The first kappa shape index (κ1) is 16.9. The molecule has 3 rings (SSSR count). The van der Waals surface area contributed by atoms with E-state index >= 15 is 0 Å². The van der Waals surface area contributed by atoms with Gasteiger partial charge in [0, 0.05) is 18.7 Å². The van der Waals surface area contributed by atoms with Crippen LogP contribution in [0.25, 0.3) is 11.0 Å². The number of carbonyl (C=O) groups is 1. The van der Waals surface area contributed by atoms with E-state index in [0.29, 0.717) is 29.9 Å². The van der Waals surface area contributed by atoms with Crippen LogP contribution in [0, 0.1) is 6.92 Å². The number of benzene rings is 2. The summed E-state index contributed by atoms with van der Waals surface area (Å²) in [5, 5.41) is 2.93. The Bertz CT molecular complexity index is 962. The van der Waals surface area contributed by atoms with Gasteiger partial charge in [-0.25, -0.2) is 4.98 Å². The van der Waals surface area contributed by atoms with Gasteiger partial charge in [0.1, 0.15) is 5.69 Å². The Morgan fingerprint density at radius 3 is 2.64 bits per heavy atom. The molecule has 0 spiro atoms. The van der Waals surface area contributed by atoms with E-state index in [0.717, 1.165) is 11.9 Å². The number of nitrogens with one attached hydrogen (secondary N) is 1. The maximum Gasteiger partial charge on any atom is 0.272 e. The molecule has 5 nitrogen and oxygen atoms in total. The number of hydrogen-bond acceptors (Lipinski definition) is 3. The zero-order chi connectivity index (χ0) is 17.8. The molecule has 0 unspecified atom stereocenters. The third-order valence-electron chi connectivity index (χ3n) is 4.23. The Labute approximate surface area is 146 Å². The van der Waals surface area contributed by atoms with Crippen LogP contribution in [0.3, 0.4) is 0 Å². The van der Waals surface area contributed by atoms with E-state index < -0.39 is 0 Å². The van der Waals surface area contributed by atoms with E-state index in [-0.39, 0.29) is 11.5 Å². The zero-order valence-electron chi connectivity index (χ0n) is 14.5. The van der Waals surface area contributed by atoms with Crippen LogP contribution < -0.4 is 10.9 Å². The van der Waals surface area contributed by atoms with Gasteiger partial charge in [0.2, 0.25) is 0 Å². The maximum absolute atomic E-state index is 12.4. The van der Waals surface area contributed by atoms with E-state index in [9.17, 15) is 9.59 Å². The first-order chi connectivity index (χ1) is 12.1. The Hall–Kier alpha value is -2.95. The molecular weight excluding hydrogens is 314 g/mol. The Morgan fingerprint density at radius 1 is 1.16 bits per heavy atom. The standard InChI is InChI=1S/C20H21N3O2/c1-3-23-18-10-9-16(13-17(18)22-14(2)20(23)25)19(24)21-12-11-15-7-5-4-6-8-15/h4-10,13H,3,11-12H2,1-2H3,(H,21,24). The minimum absolute atomic E-state index is 0.0879. The summed E-state index contributed by atoms with van der Waals surface area (Å²) in [6.45, 7) is 4.76. The summed E-state index contributed by atoms with van der Waals surface area (Å²) < 4.78 is 1.68. The second kappa shape index (κ2) is 7.30. The predicted molar refractivity (Wildman–Crippen MR) is 98.9 cm³/mol. The molecule has 5 heteroatoms. The van der Waals surface area contributed by atoms with Crippen LogP contribution in [-0.4, -0.2) is 22.0 Å². The van der Waals surface area contributed by atoms with Crippen molar-refractivity contribution in [2.45, 2.75) is 26.8 Å². The van der Waals surface area contributed by atoms with Gasteiger partial charge in [-0.05, 0) is 44.0 Å². The van der Waals surface area contributed by atoms with Crippen molar-refractivity contribution in [1.82, 2.24) is 14.9 Å². The van der Waals surface area contributed by atoms with E-state index in [2.05, 4.69) is 10.3 Å². The molecule has 0 bridgehead atoms. The minimum Gasteiger partial charge on any atom is -0.352 e. The van der Waals surface area contributed by atoms with Gasteiger partial charge in [-0.15, -0.1) is 0 Å². The van der Waals surface area contributed by atoms with Crippen LogP contribution in [0.5, 0.6) is 0 Å². The lowest BCUT2D eigenvalue weighted by Crippen LogP contribution is -2.26. The molecule has 1 heterocycles. The van der Waals surface area contributed by atoms with E-state index in [1.54, 1.807) is 29.7 Å². The average molecular weight is 335 g/mol. The fourth-order valence-corrected chi connectivity index (χ4v) is 2.90. The number of amides is 1. The molecule has 0 aliphatic carbocycles. The molecule has 128 valence electrons. The number of rotatable bonds is 5. The van der Waals surface area contributed by atoms with Gasteiger partial charge in [-0.2, -0.15) is 0 Å². The third kappa shape index (κ3) is 3.60. The van der Waals surface area contributed by atoms with Crippen LogP contribution >= 0.6 is 0 Å². The smallest absolute Gasteiger partial charge is 0.272 e. The summed E-state index contributed by atoms with van der Waals surface area (Å²) in [6, 6.07) is 15.3. The molecule has 0 aliphatic heterocycles. The van der Waals surface area contributed by atoms with Crippen LogP contribution in [0.1, 0.15) is 28.5 Å². The van der Waals surface area contributed by atoms with Crippen LogP contribution in [-0.2, 0) is 13.0 Å². The fraction of sp³-hybridized carbons (Fsp3) is 0.250. The van der Waals surface area contributed by atoms with Gasteiger partial charge in [0.15, 0.2) is 0 Å². The maximum atomic E-state index is 12.4. The Morgan fingerprint density at radius 2 is 1.92 bits per heavy atom. The van der Waals surface area contributed by atoms with Crippen molar-refractivity contribution in [3.63, 3.8) is 0 Å². The number of aromatic nitrogens is 2. The summed E-state index contributed by atoms with van der Waals surface area (Å²) in [5.74, 6) is -0.133. The van der Waals surface area contributed by atoms with Crippen molar-refractivity contribution in [3.8, 4) is 0 Å². The first-order valence-corrected chi connectivity index (χ1v) is 8.43. The highest BCUT2D eigenvalue weighted by atomic mass is 16.1. The van der Waals surface area contributed by atoms with Crippen molar-refractivity contribution < 1.29 is 4.79 Å². The quantitative estimate of drug-likeness (QED) is 0.780. The van der Waals surface area contributed by atoms with Gasteiger partial charge >= 0.3 is 0 Å². The normalized spacial score (nSPS) is 10.8. The Kier molecular flexibility index (Phi) is 4.93. The highest BCUT2D eigenvalue weighted by Gasteiger charge is 2.11. The number of fused-ring (bicyclic) bond motifs is 1. The van der Waals surface area contributed by atoms with Crippen molar-refractivity contribution in [3.05, 3.63) is 75.7 Å². The highest BCUT2D eigenvalue weighted by molar-refractivity contribution is 5.97. The molecule has 0 saturated heterocycles. The average Bonchev–Trinajstić information content (AvgIpc) is 2.63. The van der Waals surface area contributed by atoms with Gasteiger partial charge in [0.25, 0.3) is 11.5 Å². The number of hydrogen-bond donors (Lipinski definition) is 1. The number of carbonyl (C=O) groups excluding carboxylic acids is 1. The predicted octanol–water partition coefficient (Wildman–Crippen LogP) is 2.70. The Balaban J connectivity index is 1.78. The summed E-state index contributed by atoms with van der Waals surface area (Å²) in [4.78, 5) is 28.8. The second-order valence-electron chi connectivity index (χ2n) is 5.94. The van der Waals surface area contributed by atoms with Crippen LogP contribution in [0.15, 0.2) is 53.3 Å². The van der Waals surface area contributed by atoms with Crippen molar-refractivity contribution >= 4 is 16.9 Å². The lowest BCUT2D eigenvalue weighted by molar-refractivity contribution is 0.0954. The summed E-state index contributed by atoms with van der Waals surface area (Å²) in [6.07, 6.45) is 0.785. The molecule has 2 aromatic carbocycles. The molecule has 25 heavy (non-hydrogen) atoms. The first-order valence-electron chi connectivity index (χ1n) is 8.43. The second-order valence-corrected chi connectivity index (χ2v) is 5.94. The molecule has 0 saturated carbocycles. The largest absolute Gasteiger partial charge is 0.352 e. The molecule has 0 atom stereocenters. The van der Waals surface area contributed by atoms with E-state index in [1.807, 2.05) is 37.3 Å². The fourth-order valence-electron chi connectivity index (χ4n) is 2.90. The van der Waals surface area contributed by atoms with Gasteiger partial charge < -0.3 is 9.88 Å². The van der Waals surface area contributed by atoms with E-state index in [4.69, 9.17) is 0 Å². The van der Waals surface area contributed by atoms with Crippen molar-refractivity contribution in [2.24, 2.45) is 0 Å². The van der Waals surface area contributed by atoms with Gasteiger partial charge in [-0.3, -0.25) is 9.59 Å². The molecular formula is C20H21N3O2. The van der Waals surface area contributed by atoms with Crippen molar-refractivity contribution in [1.29, 1.82) is 0 Å². The van der Waals surface area contributed by atoms with Crippen LogP contribution in [0.2, 0.25) is 0 Å². The van der Waals surface area contributed by atoms with Crippen molar-refractivity contribution in [2.75, 3.05) is 6.54 Å². The number of aryl methyl sites for hydroxylation is 2. The SMILES string of the molecule is CCn1c(=O)c(C)nc2cc(C(=O)NCCc3ccccc3)ccc21. The lowest BCUT2D eigenvalue weighted by Gasteiger charge is -2.10. The summed E-state index contributed by atoms with van der Waals surface area (Å²) in [7, 11) is 0. The molecule has 0 aliphatic rings. The van der Waals surface area contributed by atoms with Crippen LogP contribution in [0.4, 0.5) is 0 Å². The molecule has 1 aromatic heterocycles. The minimum atomic E-state index is -0.133. The molecule has 1 N–H and O–H groups in total. The molecule has 3 aromatic rings. The highest BCUT2D eigenvalue weighted by Crippen LogP contribution is 2.13. The monoisotopic (exact) mass is 335 g/mol.